The molecule has 4 rings (SSSR count). The Balaban J connectivity index is 1.69. The lowest BCUT2D eigenvalue weighted by Crippen LogP contribution is -2.32. The predicted molar refractivity (Wildman–Crippen MR) is 118 cm³/mol. The summed E-state index contributed by atoms with van der Waals surface area (Å²) in [5.74, 6) is -1.50. The summed E-state index contributed by atoms with van der Waals surface area (Å²) in [7, 11) is 1.49. The van der Waals surface area contributed by atoms with Crippen LogP contribution in [0.25, 0.3) is 0 Å². The van der Waals surface area contributed by atoms with Crippen LogP contribution in [0.1, 0.15) is 50.4 Å². The normalized spacial score (nSPS) is 18.0. The first kappa shape index (κ1) is 23.7. The first-order valence-electron chi connectivity index (χ1n) is 10.1. The number of anilines is 2. The number of carbonyl (C=O) groups is 2. The van der Waals surface area contributed by atoms with Gasteiger partial charge in [0.25, 0.3) is 5.91 Å². The van der Waals surface area contributed by atoms with E-state index in [1.807, 2.05) is 0 Å². The number of aromatic nitrogens is 3. The minimum atomic E-state index is -4.61. The second-order valence-electron chi connectivity index (χ2n) is 7.78. The molecule has 3 aromatic rings. The van der Waals surface area contributed by atoms with Gasteiger partial charge in [-0.05, 0) is 36.2 Å². The lowest BCUT2D eigenvalue weighted by atomic mass is 9.83. The maximum atomic E-state index is 13.5. The predicted octanol–water partition coefficient (Wildman–Crippen LogP) is 4.34. The molecule has 1 aromatic carbocycles. The lowest BCUT2D eigenvalue weighted by molar-refractivity contribution is -0.137. The average molecular weight is 494 g/mol. The number of halogens is 4. The Morgan fingerprint density at radius 1 is 1.29 bits per heavy atom. The number of nitrogens with two attached hydrogens (primary N) is 1. The van der Waals surface area contributed by atoms with Crippen LogP contribution in [0.4, 0.5) is 24.7 Å². The number of nitrogen functional groups attached to an aromatic ring is 1. The summed E-state index contributed by atoms with van der Waals surface area (Å²) < 4.78 is 46.1. The molecular weight excluding hydrogens is 475 g/mol. The molecule has 0 radical (unpaired) electrons. The third-order valence-electron chi connectivity index (χ3n) is 5.56. The van der Waals surface area contributed by atoms with Crippen molar-refractivity contribution in [2.45, 2.75) is 24.6 Å². The zero-order valence-electron chi connectivity index (χ0n) is 17.8. The van der Waals surface area contributed by atoms with Gasteiger partial charge < -0.3 is 15.8 Å². The van der Waals surface area contributed by atoms with Gasteiger partial charge in [0.2, 0.25) is 0 Å². The summed E-state index contributed by atoms with van der Waals surface area (Å²) >= 11 is 5.89. The number of ketones is 1. The number of carbonyl (C=O) groups excluding carboxylic acids is 2. The number of benzene rings is 1. The van der Waals surface area contributed by atoms with E-state index in [0.717, 1.165) is 12.1 Å². The third kappa shape index (κ3) is 4.48. The fourth-order valence-corrected chi connectivity index (χ4v) is 4.25. The van der Waals surface area contributed by atoms with E-state index in [1.165, 1.54) is 42.4 Å². The minimum absolute atomic E-state index is 0.117. The zero-order chi connectivity index (χ0) is 24.6. The van der Waals surface area contributed by atoms with E-state index in [0.29, 0.717) is 5.56 Å². The van der Waals surface area contributed by atoms with Crippen molar-refractivity contribution in [2.75, 3.05) is 24.8 Å². The molecule has 3 N–H and O–H groups in total. The number of hydrogen-bond donors (Lipinski definition) is 2. The Morgan fingerprint density at radius 3 is 2.68 bits per heavy atom. The van der Waals surface area contributed by atoms with Gasteiger partial charge in [0.1, 0.15) is 11.5 Å². The van der Waals surface area contributed by atoms with Gasteiger partial charge in [0, 0.05) is 13.3 Å². The lowest BCUT2D eigenvalue weighted by Gasteiger charge is -2.30. The van der Waals surface area contributed by atoms with Gasteiger partial charge in [-0.15, -0.1) is 0 Å². The molecule has 2 aromatic heterocycles. The van der Waals surface area contributed by atoms with Crippen LogP contribution in [0.5, 0.6) is 0 Å². The van der Waals surface area contributed by atoms with Crippen LogP contribution >= 0.6 is 11.6 Å². The van der Waals surface area contributed by atoms with E-state index in [-0.39, 0.29) is 35.8 Å². The maximum absolute atomic E-state index is 13.5. The molecule has 0 saturated carbocycles. The molecule has 0 bridgehead atoms. The highest BCUT2D eigenvalue weighted by atomic mass is 35.5. The summed E-state index contributed by atoms with van der Waals surface area (Å²) in [6.07, 6.45) is -1.74. The monoisotopic (exact) mass is 493 g/mol. The Morgan fingerprint density at radius 2 is 2.06 bits per heavy atom. The van der Waals surface area contributed by atoms with Crippen molar-refractivity contribution in [3.63, 3.8) is 0 Å². The second kappa shape index (κ2) is 9.07. The van der Waals surface area contributed by atoms with Crippen LogP contribution < -0.4 is 11.1 Å². The van der Waals surface area contributed by atoms with Gasteiger partial charge in [-0.2, -0.15) is 18.3 Å². The number of ether oxygens (including phenoxy) is 1. The molecule has 34 heavy (non-hydrogen) atoms. The molecule has 1 amide bonds. The first-order chi connectivity index (χ1) is 16.1. The highest BCUT2D eigenvalue weighted by molar-refractivity contribution is 6.31. The summed E-state index contributed by atoms with van der Waals surface area (Å²) in [6, 6.07) is 5.81. The largest absolute Gasteiger partial charge is 0.417 e. The first-order valence-corrected chi connectivity index (χ1v) is 10.5. The van der Waals surface area contributed by atoms with Crippen molar-refractivity contribution in [2.24, 2.45) is 0 Å². The van der Waals surface area contributed by atoms with E-state index in [1.54, 1.807) is 0 Å². The van der Waals surface area contributed by atoms with E-state index in [4.69, 9.17) is 22.1 Å². The number of fused-ring (bicyclic) bond motifs is 1. The number of hydrogen-bond acceptors (Lipinski definition) is 6. The zero-order valence-corrected chi connectivity index (χ0v) is 18.5. The Bertz CT molecular complexity index is 1240. The molecule has 178 valence electrons. The molecular formula is C22H19ClF3N5O3. The van der Waals surface area contributed by atoms with E-state index < -0.39 is 40.4 Å². The molecule has 2 unspecified atom stereocenters. The van der Waals surface area contributed by atoms with Crippen LogP contribution in [-0.2, 0) is 10.9 Å². The molecule has 12 heteroatoms. The van der Waals surface area contributed by atoms with Gasteiger partial charge in [-0.1, -0.05) is 17.7 Å². The second-order valence-corrected chi connectivity index (χ2v) is 8.18. The maximum Gasteiger partial charge on any atom is 0.417 e. The van der Waals surface area contributed by atoms with Crippen molar-refractivity contribution < 1.29 is 27.5 Å². The molecule has 1 aliphatic heterocycles. The number of alkyl halides is 3. The number of nitrogens with zero attached hydrogens (tertiary/aromatic N) is 3. The van der Waals surface area contributed by atoms with E-state index in [2.05, 4.69) is 15.4 Å². The molecule has 0 saturated heterocycles. The number of amides is 1. The van der Waals surface area contributed by atoms with Crippen LogP contribution in [0.2, 0.25) is 5.02 Å². The van der Waals surface area contributed by atoms with E-state index in [9.17, 15) is 22.8 Å². The molecule has 8 nitrogen and oxygen atoms in total. The minimum Gasteiger partial charge on any atom is -0.384 e. The number of methoxy groups -OCH3 is 1. The topological polar surface area (TPSA) is 112 Å². The fraction of sp³-hybridized carbons (Fsp3) is 0.273. The smallest absolute Gasteiger partial charge is 0.384 e. The highest BCUT2D eigenvalue weighted by Gasteiger charge is 2.39. The van der Waals surface area contributed by atoms with Gasteiger partial charge in [-0.3, -0.25) is 14.3 Å². The van der Waals surface area contributed by atoms with Crippen molar-refractivity contribution in [3.8, 4) is 0 Å². The van der Waals surface area contributed by atoms with Gasteiger partial charge in [0.05, 0.1) is 46.6 Å². The van der Waals surface area contributed by atoms with Crippen molar-refractivity contribution >= 4 is 34.8 Å². The molecule has 1 aliphatic rings. The summed E-state index contributed by atoms with van der Waals surface area (Å²) in [5.41, 5.74) is 5.39. The third-order valence-corrected chi connectivity index (χ3v) is 5.87. The van der Waals surface area contributed by atoms with Crippen LogP contribution in [-0.4, -0.2) is 40.2 Å². The SMILES string of the molecule is COCC1CC(c2ccc(C(F)(F)F)c(Cl)c2)C(=O)c2c(NC(=O)c3ccc(N)nc3)cnn21. The number of pyridine rings is 1. The molecule has 0 spiro atoms. The van der Waals surface area contributed by atoms with E-state index >= 15 is 0 Å². The molecule has 0 fully saturated rings. The molecule has 2 atom stereocenters. The van der Waals surface area contributed by atoms with Crippen molar-refractivity contribution in [1.29, 1.82) is 0 Å². The summed E-state index contributed by atoms with van der Waals surface area (Å²) in [6.45, 7) is 0.197. The quantitative estimate of drug-likeness (QED) is 0.546. The van der Waals surface area contributed by atoms with Crippen LogP contribution in [0.15, 0.2) is 42.7 Å². The van der Waals surface area contributed by atoms with Gasteiger partial charge in [0.15, 0.2) is 5.78 Å². The highest BCUT2D eigenvalue weighted by Crippen LogP contribution is 2.41. The Labute approximate surface area is 196 Å². The summed E-state index contributed by atoms with van der Waals surface area (Å²) in [5, 5.41) is 6.41. The number of rotatable bonds is 5. The fourth-order valence-electron chi connectivity index (χ4n) is 3.95. The van der Waals surface area contributed by atoms with Crippen LogP contribution in [0, 0.1) is 0 Å². The molecule has 0 aliphatic carbocycles. The summed E-state index contributed by atoms with van der Waals surface area (Å²) in [4.78, 5) is 30.0. The van der Waals surface area contributed by atoms with Crippen molar-refractivity contribution in [3.05, 3.63) is 70.1 Å². The van der Waals surface area contributed by atoms with Gasteiger partial charge >= 0.3 is 6.18 Å². The van der Waals surface area contributed by atoms with Gasteiger partial charge in [-0.25, -0.2) is 4.98 Å². The Hall–Kier alpha value is -3.44. The average Bonchev–Trinajstić information content (AvgIpc) is 3.19. The van der Waals surface area contributed by atoms with Crippen molar-refractivity contribution in [1.82, 2.24) is 14.8 Å². The van der Waals surface area contributed by atoms with Crippen LogP contribution in [0.3, 0.4) is 0 Å². The Kier molecular flexibility index (Phi) is 6.32. The number of Topliss-reactive ketones (excluding diaryl/α,β-unsaturated/α-hetero) is 1. The standard InChI is InChI=1S/C22H19ClF3N5O3/c1-34-10-13-7-14(11-2-4-15(16(23)6-11)22(24,25)26)20(32)19-17(9-29-31(13)19)30-21(33)12-3-5-18(27)28-8-12/h2-6,8-9,13-14H,7,10H2,1H3,(H2,27,28)(H,30,33). The molecule has 3 heterocycles. The number of nitrogens with one attached hydrogen (secondary N) is 1.